The number of nitrogens with one attached hydrogen (secondary N) is 1. The van der Waals surface area contributed by atoms with Gasteiger partial charge in [-0.1, -0.05) is 18.7 Å². The molecule has 5 heteroatoms. The molecule has 1 aliphatic rings. The van der Waals surface area contributed by atoms with E-state index in [9.17, 15) is 4.79 Å². The van der Waals surface area contributed by atoms with Gasteiger partial charge in [0.15, 0.2) is 5.16 Å². The summed E-state index contributed by atoms with van der Waals surface area (Å²) in [4.78, 5) is 21.2. The normalized spacial score (nSPS) is 21.4. The predicted octanol–water partition coefficient (Wildman–Crippen LogP) is 1.04. The van der Waals surface area contributed by atoms with Crippen LogP contribution in [0.2, 0.25) is 0 Å². The Balaban J connectivity index is 2.55. The van der Waals surface area contributed by atoms with E-state index >= 15 is 0 Å². The van der Waals surface area contributed by atoms with E-state index in [4.69, 9.17) is 0 Å². The fourth-order valence-electron chi connectivity index (χ4n) is 2.04. The maximum absolute atomic E-state index is 11.8. The molecule has 1 atom stereocenters. The van der Waals surface area contributed by atoms with Crippen LogP contribution in [0.5, 0.6) is 0 Å². The molecular weight excluding hydrogens is 210 g/mol. The van der Waals surface area contributed by atoms with Crippen molar-refractivity contribution in [1.29, 1.82) is 0 Å². The van der Waals surface area contributed by atoms with Gasteiger partial charge in [0.2, 0.25) is 0 Å². The van der Waals surface area contributed by atoms with Crippen LogP contribution >= 0.6 is 11.8 Å². The molecule has 0 amide bonds. The van der Waals surface area contributed by atoms with Crippen molar-refractivity contribution in [2.24, 2.45) is 0 Å². The largest absolute Gasteiger partial charge is 0.301 e. The average Bonchev–Trinajstić information content (AvgIpc) is 2.19. The van der Waals surface area contributed by atoms with Gasteiger partial charge in [0.1, 0.15) is 0 Å². The maximum atomic E-state index is 11.8. The SMILES string of the molecule is CSc1nc2c(c(=O)[nH]1)CN(C)CC2C. The van der Waals surface area contributed by atoms with Gasteiger partial charge in [-0.05, 0) is 13.3 Å². The molecule has 0 bridgehead atoms. The lowest BCUT2D eigenvalue weighted by atomic mass is 9.98. The second kappa shape index (κ2) is 3.98. The number of aromatic nitrogens is 2. The first kappa shape index (κ1) is 10.7. The molecule has 2 rings (SSSR count). The Labute approximate surface area is 93.1 Å². The van der Waals surface area contributed by atoms with Crippen LogP contribution in [0.1, 0.15) is 24.1 Å². The molecule has 82 valence electrons. The number of thioether (sulfide) groups is 1. The molecule has 0 saturated carbocycles. The van der Waals surface area contributed by atoms with Crippen molar-refractivity contribution in [3.8, 4) is 0 Å². The molecule has 1 aliphatic heterocycles. The molecule has 0 saturated heterocycles. The fourth-order valence-corrected chi connectivity index (χ4v) is 2.42. The Bertz CT molecular complexity index is 429. The van der Waals surface area contributed by atoms with Crippen molar-refractivity contribution in [3.05, 3.63) is 21.6 Å². The van der Waals surface area contributed by atoms with Crippen LogP contribution in [0.4, 0.5) is 0 Å². The first-order valence-corrected chi connectivity index (χ1v) is 6.20. The molecule has 0 radical (unpaired) electrons. The average molecular weight is 225 g/mol. The summed E-state index contributed by atoms with van der Waals surface area (Å²) in [6.45, 7) is 3.79. The Morgan fingerprint density at radius 3 is 3.00 bits per heavy atom. The fraction of sp³-hybridized carbons (Fsp3) is 0.600. The Kier molecular flexibility index (Phi) is 2.84. The molecule has 1 N–H and O–H groups in total. The van der Waals surface area contributed by atoms with Crippen molar-refractivity contribution in [3.63, 3.8) is 0 Å². The minimum Gasteiger partial charge on any atom is -0.301 e. The smallest absolute Gasteiger partial charge is 0.256 e. The summed E-state index contributed by atoms with van der Waals surface area (Å²) in [6, 6.07) is 0. The van der Waals surface area contributed by atoms with Crippen molar-refractivity contribution in [1.82, 2.24) is 14.9 Å². The van der Waals surface area contributed by atoms with Crippen LogP contribution in [-0.4, -0.2) is 34.7 Å². The monoisotopic (exact) mass is 225 g/mol. The molecule has 1 unspecified atom stereocenters. The summed E-state index contributed by atoms with van der Waals surface area (Å²) in [6.07, 6.45) is 1.92. The predicted molar refractivity (Wildman–Crippen MR) is 61.4 cm³/mol. The topological polar surface area (TPSA) is 49.0 Å². The zero-order valence-electron chi connectivity index (χ0n) is 9.20. The van der Waals surface area contributed by atoms with E-state index in [1.54, 1.807) is 0 Å². The molecule has 1 aromatic rings. The van der Waals surface area contributed by atoms with E-state index in [1.165, 1.54) is 11.8 Å². The quantitative estimate of drug-likeness (QED) is 0.573. The first-order valence-electron chi connectivity index (χ1n) is 4.97. The molecule has 0 aromatic carbocycles. The number of hydrogen-bond donors (Lipinski definition) is 1. The number of hydrogen-bond acceptors (Lipinski definition) is 4. The summed E-state index contributed by atoms with van der Waals surface area (Å²) in [5.74, 6) is 0.340. The molecule has 0 spiro atoms. The molecule has 1 aromatic heterocycles. The molecule has 0 aliphatic carbocycles. The second-order valence-electron chi connectivity index (χ2n) is 4.04. The lowest BCUT2D eigenvalue weighted by molar-refractivity contribution is 0.281. The first-order chi connectivity index (χ1) is 7.11. The zero-order chi connectivity index (χ0) is 11.0. The van der Waals surface area contributed by atoms with Gasteiger partial charge in [0.25, 0.3) is 5.56 Å². The molecule has 0 fully saturated rings. The zero-order valence-corrected chi connectivity index (χ0v) is 10.0. The lowest BCUT2D eigenvalue weighted by Crippen LogP contribution is -2.35. The Morgan fingerprint density at radius 2 is 2.33 bits per heavy atom. The number of fused-ring (bicyclic) bond motifs is 1. The standard InChI is InChI=1S/C10H15N3OS/c1-6-4-13(2)5-7-8(6)11-10(15-3)12-9(7)14/h6H,4-5H2,1-3H3,(H,11,12,14). The van der Waals surface area contributed by atoms with Crippen LogP contribution in [-0.2, 0) is 6.54 Å². The van der Waals surface area contributed by atoms with Crippen LogP contribution in [0, 0.1) is 0 Å². The summed E-state index contributed by atoms with van der Waals surface area (Å²) in [7, 11) is 2.03. The van der Waals surface area contributed by atoms with Gasteiger partial charge < -0.3 is 9.88 Å². The van der Waals surface area contributed by atoms with E-state index < -0.39 is 0 Å². The highest BCUT2D eigenvalue weighted by atomic mass is 32.2. The Hall–Kier alpha value is -0.810. The molecular formula is C10H15N3OS. The maximum Gasteiger partial charge on any atom is 0.256 e. The van der Waals surface area contributed by atoms with Crippen LogP contribution in [0.3, 0.4) is 0 Å². The highest BCUT2D eigenvalue weighted by Gasteiger charge is 2.24. The van der Waals surface area contributed by atoms with Crippen molar-refractivity contribution in [2.75, 3.05) is 19.8 Å². The molecule has 4 nitrogen and oxygen atoms in total. The summed E-state index contributed by atoms with van der Waals surface area (Å²) < 4.78 is 0. The van der Waals surface area contributed by atoms with E-state index in [1.807, 2.05) is 13.3 Å². The number of H-pyrrole nitrogens is 1. The third-order valence-electron chi connectivity index (χ3n) is 2.70. The van der Waals surface area contributed by atoms with Gasteiger partial charge in [-0.15, -0.1) is 0 Å². The van der Waals surface area contributed by atoms with Crippen LogP contribution in [0.15, 0.2) is 9.95 Å². The summed E-state index contributed by atoms with van der Waals surface area (Å²) >= 11 is 1.48. The third kappa shape index (κ3) is 1.94. The van der Waals surface area contributed by atoms with E-state index in [2.05, 4.69) is 21.8 Å². The minimum atomic E-state index is 0.0164. The van der Waals surface area contributed by atoms with E-state index in [-0.39, 0.29) is 5.56 Å². The minimum absolute atomic E-state index is 0.0164. The van der Waals surface area contributed by atoms with Crippen LogP contribution in [0.25, 0.3) is 0 Å². The lowest BCUT2D eigenvalue weighted by Gasteiger charge is -2.28. The third-order valence-corrected chi connectivity index (χ3v) is 3.28. The van der Waals surface area contributed by atoms with Crippen molar-refractivity contribution < 1.29 is 0 Å². The number of likely N-dealkylation sites (N-methyl/N-ethyl adjacent to an activating group) is 1. The van der Waals surface area contributed by atoms with Crippen molar-refractivity contribution >= 4 is 11.8 Å². The van der Waals surface area contributed by atoms with E-state index in [0.29, 0.717) is 12.5 Å². The Morgan fingerprint density at radius 1 is 1.60 bits per heavy atom. The highest BCUT2D eigenvalue weighted by Crippen LogP contribution is 2.23. The van der Waals surface area contributed by atoms with Gasteiger partial charge in [0, 0.05) is 19.0 Å². The molecule has 2 heterocycles. The van der Waals surface area contributed by atoms with Gasteiger partial charge in [-0.3, -0.25) is 4.79 Å². The van der Waals surface area contributed by atoms with Crippen LogP contribution < -0.4 is 5.56 Å². The van der Waals surface area contributed by atoms with Gasteiger partial charge in [-0.2, -0.15) is 0 Å². The highest BCUT2D eigenvalue weighted by molar-refractivity contribution is 7.98. The molecule has 15 heavy (non-hydrogen) atoms. The summed E-state index contributed by atoms with van der Waals surface area (Å²) in [5, 5.41) is 0.718. The number of aromatic amines is 1. The second-order valence-corrected chi connectivity index (χ2v) is 4.83. The van der Waals surface area contributed by atoms with E-state index in [0.717, 1.165) is 23.0 Å². The van der Waals surface area contributed by atoms with Gasteiger partial charge in [-0.25, -0.2) is 4.98 Å². The summed E-state index contributed by atoms with van der Waals surface area (Å²) in [5.41, 5.74) is 1.82. The van der Waals surface area contributed by atoms with Gasteiger partial charge >= 0.3 is 0 Å². The van der Waals surface area contributed by atoms with Crippen molar-refractivity contribution in [2.45, 2.75) is 24.5 Å². The number of rotatable bonds is 1. The van der Waals surface area contributed by atoms with Gasteiger partial charge in [0.05, 0.1) is 11.3 Å². The number of nitrogens with zero attached hydrogens (tertiary/aromatic N) is 2.